The minimum atomic E-state index is -0.0113. The molecule has 0 bridgehead atoms. The summed E-state index contributed by atoms with van der Waals surface area (Å²) in [6, 6.07) is 17.1. The topological polar surface area (TPSA) is 34.9 Å². The van der Waals surface area contributed by atoms with Crippen LogP contribution in [0.2, 0.25) is 0 Å². The summed E-state index contributed by atoms with van der Waals surface area (Å²) < 4.78 is 1.74. The zero-order valence-electron chi connectivity index (χ0n) is 11.4. The maximum atomic E-state index is 12.7. The van der Waals surface area contributed by atoms with Crippen molar-refractivity contribution in [3.05, 3.63) is 66.0 Å². The smallest absolute Gasteiger partial charge is 0.263 e. The van der Waals surface area contributed by atoms with Gasteiger partial charge in [-0.2, -0.15) is 0 Å². The second-order valence-electron chi connectivity index (χ2n) is 4.77. The van der Waals surface area contributed by atoms with Crippen molar-refractivity contribution in [1.82, 2.24) is 9.55 Å². The molecule has 0 saturated carbocycles. The lowest BCUT2D eigenvalue weighted by Gasteiger charge is -2.07. The highest BCUT2D eigenvalue weighted by Gasteiger charge is 2.17. The lowest BCUT2D eigenvalue weighted by molar-refractivity contribution is 0.0961. The number of fused-ring (bicyclic) bond motifs is 1. The third-order valence-corrected chi connectivity index (χ3v) is 3.33. The van der Waals surface area contributed by atoms with E-state index in [-0.39, 0.29) is 5.91 Å². The molecule has 0 saturated heterocycles. The Hall–Kier alpha value is -2.42. The number of carbonyl (C=O) groups is 1. The van der Waals surface area contributed by atoms with Gasteiger partial charge in [0.2, 0.25) is 0 Å². The third kappa shape index (κ3) is 2.11. The summed E-state index contributed by atoms with van der Waals surface area (Å²) in [6.07, 6.45) is 1.76. The molecular formula is C17H16N2O. The van der Waals surface area contributed by atoms with Gasteiger partial charge in [-0.1, -0.05) is 37.3 Å². The SMILES string of the molecule is CCCc1nc2ccccc2n1C(=O)c1ccccc1. The molecule has 2 aromatic carbocycles. The Morgan fingerprint density at radius 3 is 2.50 bits per heavy atom. The molecule has 0 amide bonds. The highest BCUT2D eigenvalue weighted by Crippen LogP contribution is 2.19. The van der Waals surface area contributed by atoms with Crippen LogP contribution in [-0.4, -0.2) is 15.5 Å². The molecule has 0 aliphatic rings. The third-order valence-electron chi connectivity index (χ3n) is 3.33. The van der Waals surface area contributed by atoms with Crippen molar-refractivity contribution < 1.29 is 4.79 Å². The predicted octanol–water partition coefficient (Wildman–Crippen LogP) is 3.68. The number of aryl methyl sites for hydroxylation is 1. The van der Waals surface area contributed by atoms with Gasteiger partial charge in [-0.15, -0.1) is 0 Å². The van der Waals surface area contributed by atoms with E-state index in [1.54, 1.807) is 4.57 Å². The Labute approximate surface area is 117 Å². The Morgan fingerprint density at radius 2 is 1.75 bits per heavy atom. The molecular weight excluding hydrogens is 248 g/mol. The normalized spacial score (nSPS) is 10.8. The van der Waals surface area contributed by atoms with Crippen LogP contribution in [-0.2, 0) is 6.42 Å². The van der Waals surface area contributed by atoms with Crippen LogP contribution in [0.4, 0.5) is 0 Å². The Morgan fingerprint density at radius 1 is 1.05 bits per heavy atom. The minimum absolute atomic E-state index is 0.0113. The summed E-state index contributed by atoms with van der Waals surface area (Å²) >= 11 is 0. The van der Waals surface area contributed by atoms with Crippen LogP contribution in [0, 0.1) is 0 Å². The zero-order valence-corrected chi connectivity index (χ0v) is 11.4. The zero-order chi connectivity index (χ0) is 13.9. The highest BCUT2D eigenvalue weighted by molar-refractivity contribution is 6.01. The predicted molar refractivity (Wildman–Crippen MR) is 79.9 cm³/mol. The first kappa shape index (κ1) is 12.6. The van der Waals surface area contributed by atoms with Crippen LogP contribution in [0.5, 0.6) is 0 Å². The maximum Gasteiger partial charge on any atom is 0.263 e. The van der Waals surface area contributed by atoms with E-state index in [0.29, 0.717) is 5.56 Å². The molecule has 0 atom stereocenters. The Bertz CT molecular complexity index is 744. The monoisotopic (exact) mass is 264 g/mol. The Balaban J connectivity index is 2.18. The van der Waals surface area contributed by atoms with Crippen LogP contribution in [0.15, 0.2) is 54.6 Å². The van der Waals surface area contributed by atoms with E-state index in [1.807, 2.05) is 54.6 Å². The molecule has 0 N–H and O–H groups in total. The van der Waals surface area contributed by atoms with Crippen molar-refractivity contribution in [2.24, 2.45) is 0 Å². The van der Waals surface area contributed by atoms with Gasteiger partial charge in [-0.25, -0.2) is 4.98 Å². The molecule has 0 radical (unpaired) electrons. The van der Waals surface area contributed by atoms with Gasteiger partial charge < -0.3 is 0 Å². The second kappa shape index (κ2) is 5.29. The molecule has 3 aromatic rings. The summed E-state index contributed by atoms with van der Waals surface area (Å²) in [5.74, 6) is 0.824. The molecule has 3 nitrogen and oxygen atoms in total. The number of benzene rings is 2. The summed E-state index contributed by atoms with van der Waals surface area (Å²) in [5.41, 5.74) is 2.44. The highest BCUT2D eigenvalue weighted by atomic mass is 16.2. The first-order valence-corrected chi connectivity index (χ1v) is 6.87. The number of aromatic nitrogens is 2. The first-order valence-electron chi connectivity index (χ1n) is 6.87. The van der Waals surface area contributed by atoms with E-state index in [2.05, 4.69) is 11.9 Å². The molecule has 100 valence electrons. The van der Waals surface area contributed by atoms with Crippen molar-refractivity contribution in [1.29, 1.82) is 0 Å². The van der Waals surface area contributed by atoms with Crippen molar-refractivity contribution in [2.75, 3.05) is 0 Å². The first-order chi connectivity index (χ1) is 9.81. The van der Waals surface area contributed by atoms with Crippen molar-refractivity contribution in [3.8, 4) is 0 Å². The van der Waals surface area contributed by atoms with Crippen LogP contribution in [0.3, 0.4) is 0 Å². The molecule has 3 rings (SSSR count). The fourth-order valence-electron chi connectivity index (χ4n) is 2.40. The number of imidazole rings is 1. The van der Waals surface area contributed by atoms with Gasteiger partial charge in [-0.05, 0) is 30.7 Å². The molecule has 0 fully saturated rings. The van der Waals surface area contributed by atoms with Crippen LogP contribution in [0.25, 0.3) is 11.0 Å². The second-order valence-corrected chi connectivity index (χ2v) is 4.77. The number of hydrogen-bond acceptors (Lipinski definition) is 2. The summed E-state index contributed by atoms with van der Waals surface area (Å²) in [4.78, 5) is 17.3. The van der Waals surface area contributed by atoms with Crippen molar-refractivity contribution in [2.45, 2.75) is 19.8 Å². The lowest BCUT2D eigenvalue weighted by atomic mass is 10.2. The molecule has 0 unspecified atom stereocenters. The molecule has 0 spiro atoms. The van der Waals surface area contributed by atoms with Crippen molar-refractivity contribution >= 4 is 16.9 Å². The molecule has 0 aliphatic carbocycles. The average Bonchev–Trinajstić information content (AvgIpc) is 2.86. The Kier molecular flexibility index (Phi) is 3.33. The van der Waals surface area contributed by atoms with Crippen molar-refractivity contribution in [3.63, 3.8) is 0 Å². The summed E-state index contributed by atoms with van der Waals surface area (Å²) in [7, 11) is 0. The average molecular weight is 264 g/mol. The van der Waals surface area contributed by atoms with Gasteiger partial charge in [0.1, 0.15) is 5.82 Å². The van der Waals surface area contributed by atoms with Gasteiger partial charge in [0.05, 0.1) is 11.0 Å². The van der Waals surface area contributed by atoms with Gasteiger partial charge in [0, 0.05) is 12.0 Å². The standard InChI is InChI=1S/C17H16N2O/c1-2-8-16-18-14-11-6-7-12-15(14)19(16)17(20)13-9-4-3-5-10-13/h3-7,9-12H,2,8H2,1H3. The van der Waals surface area contributed by atoms with E-state index >= 15 is 0 Å². The fourth-order valence-corrected chi connectivity index (χ4v) is 2.40. The molecule has 3 heteroatoms. The van der Waals surface area contributed by atoms with E-state index in [1.165, 1.54) is 0 Å². The van der Waals surface area contributed by atoms with Gasteiger partial charge in [-0.3, -0.25) is 9.36 Å². The largest absolute Gasteiger partial charge is 0.268 e. The maximum absolute atomic E-state index is 12.7. The van der Waals surface area contributed by atoms with E-state index < -0.39 is 0 Å². The lowest BCUT2D eigenvalue weighted by Crippen LogP contribution is -2.15. The molecule has 20 heavy (non-hydrogen) atoms. The number of hydrogen-bond donors (Lipinski definition) is 0. The van der Waals surface area contributed by atoms with Gasteiger partial charge in [0.25, 0.3) is 5.91 Å². The van der Waals surface area contributed by atoms with E-state index in [4.69, 9.17) is 0 Å². The number of carbonyl (C=O) groups excluding carboxylic acids is 1. The number of rotatable bonds is 3. The quantitative estimate of drug-likeness (QED) is 0.723. The molecule has 0 aliphatic heterocycles. The molecule has 1 aromatic heterocycles. The van der Waals surface area contributed by atoms with E-state index in [9.17, 15) is 4.79 Å². The minimum Gasteiger partial charge on any atom is -0.268 e. The summed E-state index contributed by atoms with van der Waals surface area (Å²) in [5, 5.41) is 0. The number of nitrogens with zero attached hydrogens (tertiary/aromatic N) is 2. The van der Waals surface area contributed by atoms with Gasteiger partial charge >= 0.3 is 0 Å². The van der Waals surface area contributed by atoms with E-state index in [0.717, 1.165) is 29.7 Å². The fraction of sp³-hybridized carbons (Fsp3) is 0.176. The summed E-state index contributed by atoms with van der Waals surface area (Å²) in [6.45, 7) is 2.09. The van der Waals surface area contributed by atoms with Crippen LogP contribution >= 0.6 is 0 Å². The van der Waals surface area contributed by atoms with Crippen LogP contribution < -0.4 is 0 Å². The van der Waals surface area contributed by atoms with Crippen LogP contribution in [0.1, 0.15) is 29.5 Å². The van der Waals surface area contributed by atoms with Gasteiger partial charge in [0.15, 0.2) is 0 Å². The number of para-hydroxylation sites is 2. The molecule has 1 heterocycles.